The van der Waals surface area contributed by atoms with E-state index in [0.717, 1.165) is 28.4 Å². The Morgan fingerprint density at radius 2 is 2.07 bits per heavy atom. The summed E-state index contributed by atoms with van der Waals surface area (Å²) >= 11 is 1.23. The number of amides is 1. The highest BCUT2D eigenvalue weighted by Gasteiger charge is 2.32. The van der Waals surface area contributed by atoms with E-state index in [1.807, 2.05) is 51.1 Å². The molecule has 1 amide bonds. The SMILES string of the molecule is CCOc1ccccc1-n1c(C)cc(C=C2C(=N)N3N=CSC3=NC2=O)c1C. The largest absolute Gasteiger partial charge is 0.492 e. The first kappa shape index (κ1) is 18.2. The Hall–Kier alpha value is -3.13. The average molecular weight is 393 g/mol. The Balaban J connectivity index is 1.79. The normalized spacial score (nSPS) is 17.3. The number of aryl methyl sites for hydroxylation is 1. The minimum atomic E-state index is -0.422. The maximum absolute atomic E-state index is 12.4. The molecule has 3 heterocycles. The van der Waals surface area contributed by atoms with Crippen LogP contribution in [0.1, 0.15) is 23.9 Å². The number of aromatic nitrogens is 1. The lowest BCUT2D eigenvalue weighted by molar-refractivity contribution is -0.114. The third kappa shape index (κ3) is 2.95. The molecule has 2 aliphatic rings. The van der Waals surface area contributed by atoms with Gasteiger partial charge in [-0.1, -0.05) is 12.1 Å². The molecule has 2 aromatic rings. The Morgan fingerprint density at radius 1 is 1.29 bits per heavy atom. The second kappa shape index (κ2) is 7.12. The van der Waals surface area contributed by atoms with Crippen LogP contribution in [0.3, 0.4) is 0 Å². The number of nitrogens with one attached hydrogen (secondary N) is 1. The number of hydrogen-bond donors (Lipinski definition) is 1. The zero-order valence-corrected chi connectivity index (χ0v) is 16.6. The zero-order valence-electron chi connectivity index (χ0n) is 15.8. The summed E-state index contributed by atoms with van der Waals surface area (Å²) in [5.74, 6) is 0.412. The number of aliphatic imine (C=N–C) groups is 1. The molecule has 0 saturated carbocycles. The number of benzene rings is 1. The molecular formula is C20H19N5O2S. The summed E-state index contributed by atoms with van der Waals surface area (Å²) in [6.45, 7) is 6.52. The summed E-state index contributed by atoms with van der Waals surface area (Å²) in [6.07, 6.45) is 1.71. The van der Waals surface area contributed by atoms with Crippen LogP contribution in [0.4, 0.5) is 0 Å². The van der Waals surface area contributed by atoms with Crippen LogP contribution in [0, 0.1) is 19.3 Å². The molecule has 7 nitrogen and oxygen atoms in total. The van der Waals surface area contributed by atoms with E-state index in [0.29, 0.717) is 11.8 Å². The summed E-state index contributed by atoms with van der Waals surface area (Å²) in [4.78, 5) is 16.5. The Bertz CT molecular complexity index is 1080. The number of rotatable bonds is 4. The van der Waals surface area contributed by atoms with Crippen molar-refractivity contribution < 1.29 is 9.53 Å². The molecule has 1 aromatic heterocycles. The van der Waals surface area contributed by atoms with E-state index in [9.17, 15) is 4.79 Å². The van der Waals surface area contributed by atoms with Crippen molar-refractivity contribution in [3.05, 3.63) is 52.9 Å². The molecule has 2 aliphatic heterocycles. The summed E-state index contributed by atoms with van der Waals surface area (Å²) < 4.78 is 7.87. The molecule has 0 atom stereocenters. The van der Waals surface area contributed by atoms with E-state index in [2.05, 4.69) is 14.7 Å². The van der Waals surface area contributed by atoms with Crippen LogP contribution in [-0.4, -0.2) is 38.6 Å². The molecule has 0 radical (unpaired) electrons. The first-order valence-corrected chi connectivity index (χ1v) is 9.73. The van der Waals surface area contributed by atoms with Gasteiger partial charge in [0.15, 0.2) is 11.0 Å². The quantitative estimate of drug-likeness (QED) is 0.802. The molecule has 0 aliphatic carbocycles. The molecule has 142 valence electrons. The fourth-order valence-corrected chi connectivity index (χ4v) is 3.93. The summed E-state index contributed by atoms with van der Waals surface area (Å²) in [5.41, 5.74) is 5.54. The predicted molar refractivity (Wildman–Crippen MR) is 112 cm³/mol. The number of hydrazone groups is 1. The van der Waals surface area contributed by atoms with Crippen LogP contribution in [0.5, 0.6) is 5.75 Å². The summed E-state index contributed by atoms with van der Waals surface area (Å²) in [7, 11) is 0. The number of para-hydroxylation sites is 2. The van der Waals surface area contributed by atoms with E-state index in [-0.39, 0.29) is 11.4 Å². The van der Waals surface area contributed by atoms with Gasteiger partial charge in [0, 0.05) is 11.4 Å². The fourth-order valence-electron chi connectivity index (χ4n) is 3.32. The second-order valence-electron chi connectivity index (χ2n) is 6.32. The van der Waals surface area contributed by atoms with Crippen LogP contribution >= 0.6 is 11.8 Å². The van der Waals surface area contributed by atoms with Gasteiger partial charge in [0.2, 0.25) is 0 Å². The smallest absolute Gasteiger partial charge is 0.283 e. The highest BCUT2D eigenvalue weighted by Crippen LogP contribution is 2.30. The molecule has 28 heavy (non-hydrogen) atoms. The molecule has 1 aromatic carbocycles. The molecule has 0 saturated heterocycles. The van der Waals surface area contributed by atoms with Crippen molar-refractivity contribution in [3.8, 4) is 11.4 Å². The van der Waals surface area contributed by atoms with Crippen molar-refractivity contribution in [1.29, 1.82) is 5.41 Å². The first-order valence-electron chi connectivity index (χ1n) is 8.85. The Labute approximate surface area is 166 Å². The van der Waals surface area contributed by atoms with Crippen molar-refractivity contribution in [1.82, 2.24) is 9.58 Å². The highest BCUT2D eigenvalue weighted by molar-refractivity contribution is 8.25. The van der Waals surface area contributed by atoms with Crippen LogP contribution in [0.25, 0.3) is 11.8 Å². The Morgan fingerprint density at radius 3 is 2.86 bits per heavy atom. The number of carbonyl (C=O) groups excluding carboxylic acids is 1. The summed E-state index contributed by atoms with van der Waals surface area (Å²) in [6, 6.07) is 9.84. The van der Waals surface area contributed by atoms with Gasteiger partial charge in [-0.2, -0.15) is 15.1 Å². The van der Waals surface area contributed by atoms with E-state index in [1.54, 1.807) is 11.6 Å². The molecule has 4 rings (SSSR count). The van der Waals surface area contributed by atoms with Gasteiger partial charge in [-0.05, 0) is 62.4 Å². The second-order valence-corrected chi connectivity index (χ2v) is 7.13. The lowest BCUT2D eigenvalue weighted by atomic mass is 10.1. The van der Waals surface area contributed by atoms with E-state index in [1.165, 1.54) is 16.8 Å². The van der Waals surface area contributed by atoms with Crippen molar-refractivity contribution in [2.75, 3.05) is 6.61 Å². The van der Waals surface area contributed by atoms with Gasteiger partial charge in [-0.25, -0.2) is 0 Å². The van der Waals surface area contributed by atoms with Crippen molar-refractivity contribution >= 4 is 40.3 Å². The van der Waals surface area contributed by atoms with Gasteiger partial charge in [-0.3, -0.25) is 10.2 Å². The highest BCUT2D eigenvalue weighted by atomic mass is 32.2. The molecule has 0 unspecified atom stereocenters. The fraction of sp³-hybridized carbons (Fsp3) is 0.200. The number of nitrogens with zero attached hydrogens (tertiary/aromatic N) is 4. The number of hydrogen-bond acceptors (Lipinski definition) is 5. The van der Waals surface area contributed by atoms with Crippen molar-refractivity contribution in [3.63, 3.8) is 0 Å². The van der Waals surface area contributed by atoms with E-state index in [4.69, 9.17) is 10.1 Å². The van der Waals surface area contributed by atoms with Crippen LogP contribution in [0.2, 0.25) is 0 Å². The minimum Gasteiger partial charge on any atom is -0.492 e. The molecule has 0 bridgehead atoms. The molecule has 1 N–H and O–H groups in total. The van der Waals surface area contributed by atoms with Gasteiger partial charge < -0.3 is 9.30 Å². The van der Waals surface area contributed by atoms with Crippen molar-refractivity contribution in [2.45, 2.75) is 20.8 Å². The molecule has 0 spiro atoms. The third-order valence-electron chi connectivity index (χ3n) is 4.57. The molecule has 8 heteroatoms. The Kier molecular flexibility index (Phi) is 4.64. The minimum absolute atomic E-state index is 0.0377. The lowest BCUT2D eigenvalue weighted by Gasteiger charge is -2.20. The van der Waals surface area contributed by atoms with Crippen molar-refractivity contribution in [2.24, 2.45) is 10.1 Å². The first-order chi connectivity index (χ1) is 13.5. The number of ether oxygens (including phenoxy) is 1. The zero-order chi connectivity index (χ0) is 19.8. The van der Waals surface area contributed by atoms with Crippen LogP contribution in [0.15, 0.2) is 46.0 Å². The maximum Gasteiger partial charge on any atom is 0.283 e. The van der Waals surface area contributed by atoms with Gasteiger partial charge in [0.25, 0.3) is 5.91 Å². The predicted octanol–water partition coefficient (Wildman–Crippen LogP) is 3.74. The maximum atomic E-state index is 12.4. The number of carbonyl (C=O) groups is 1. The number of fused-ring (bicyclic) bond motifs is 1. The van der Waals surface area contributed by atoms with Crippen LogP contribution in [-0.2, 0) is 4.79 Å². The number of thioether (sulfide) groups is 1. The van der Waals surface area contributed by atoms with Gasteiger partial charge in [0.1, 0.15) is 5.75 Å². The molecular weight excluding hydrogens is 374 g/mol. The van der Waals surface area contributed by atoms with Crippen LogP contribution < -0.4 is 4.74 Å². The van der Waals surface area contributed by atoms with E-state index >= 15 is 0 Å². The lowest BCUT2D eigenvalue weighted by Crippen LogP contribution is -2.35. The number of amidine groups is 2. The molecule has 0 fully saturated rings. The monoisotopic (exact) mass is 393 g/mol. The topological polar surface area (TPSA) is 83.0 Å². The standard InChI is InChI=1S/C20H19N5O2S/c1-4-27-17-8-6-5-7-16(17)24-12(2)9-14(13(24)3)10-15-18(21)25-20(23-19(15)26)28-11-22-25/h5-11,21H,4H2,1-3H3. The third-order valence-corrected chi connectivity index (χ3v) is 5.25. The van der Waals surface area contributed by atoms with E-state index < -0.39 is 5.91 Å². The van der Waals surface area contributed by atoms with Gasteiger partial charge in [-0.15, -0.1) is 0 Å². The van der Waals surface area contributed by atoms with Gasteiger partial charge in [0.05, 0.1) is 23.4 Å². The van der Waals surface area contributed by atoms with Gasteiger partial charge >= 0.3 is 0 Å². The summed E-state index contributed by atoms with van der Waals surface area (Å²) in [5, 5.41) is 14.2. The average Bonchev–Trinajstić information content (AvgIpc) is 3.24.